The maximum atomic E-state index is 14.1. The first kappa shape index (κ1) is 28.9. The SMILES string of the molecule is COCCN1C[C@@H](NC(=O)Nc2c(C)c([C@H]3CCCN3C(C)=O)nn2C2=CCCC=C2)[C@H](c2ccc(F)c(F)c2)C1. The van der Waals surface area contributed by atoms with Crippen LogP contribution in [-0.4, -0.2) is 77.5 Å². The predicted molar refractivity (Wildman–Crippen MR) is 152 cm³/mol. The molecule has 3 aliphatic rings. The van der Waals surface area contributed by atoms with Gasteiger partial charge >= 0.3 is 6.03 Å². The Kier molecular flexibility index (Phi) is 8.84. The number of amides is 3. The Labute approximate surface area is 239 Å². The Morgan fingerprint density at radius 1 is 1.17 bits per heavy atom. The van der Waals surface area contributed by atoms with Crippen molar-refractivity contribution < 1.29 is 23.1 Å². The van der Waals surface area contributed by atoms with Crippen LogP contribution < -0.4 is 10.6 Å². The van der Waals surface area contributed by atoms with Crippen LogP contribution in [0, 0.1) is 18.6 Å². The standard InChI is InChI=1S/C30H38F2N6O3/c1-19-28(27-10-7-13-37(27)20(2)39)35-38(22-8-5-4-6-9-22)29(19)34-30(40)33-26-18-36(14-15-41-3)17-23(26)21-11-12-24(31)25(32)16-21/h5,8-9,11-12,16,23,26-27H,4,6-7,10,13-15,17-18H2,1-3H3,(H2,33,34,40)/t23-,26+,27+/m0/s1. The highest BCUT2D eigenvalue weighted by Crippen LogP contribution is 2.37. The zero-order valence-electron chi connectivity index (χ0n) is 23.8. The minimum atomic E-state index is -0.909. The zero-order chi connectivity index (χ0) is 29.1. The summed E-state index contributed by atoms with van der Waals surface area (Å²) in [6.07, 6.45) is 9.66. The van der Waals surface area contributed by atoms with E-state index in [9.17, 15) is 18.4 Å². The molecule has 2 N–H and O–H groups in total. The highest BCUT2D eigenvalue weighted by Gasteiger charge is 2.36. The van der Waals surface area contributed by atoms with Gasteiger partial charge in [0.05, 0.1) is 30.1 Å². The minimum absolute atomic E-state index is 0.00742. The molecule has 2 aliphatic heterocycles. The number of urea groups is 1. The molecule has 1 aliphatic carbocycles. The first-order valence-corrected chi connectivity index (χ1v) is 14.2. The van der Waals surface area contributed by atoms with Crippen molar-refractivity contribution in [1.82, 2.24) is 24.9 Å². The molecule has 2 saturated heterocycles. The smallest absolute Gasteiger partial charge is 0.320 e. The summed E-state index contributed by atoms with van der Waals surface area (Å²) in [7, 11) is 1.63. The number of carbonyl (C=O) groups is 2. The molecule has 220 valence electrons. The molecule has 0 spiro atoms. The molecule has 1 aromatic carbocycles. The highest BCUT2D eigenvalue weighted by atomic mass is 19.2. The first-order valence-electron chi connectivity index (χ1n) is 14.2. The topological polar surface area (TPSA) is 91.7 Å². The van der Waals surface area contributed by atoms with Crippen molar-refractivity contribution in [2.45, 2.75) is 57.5 Å². The van der Waals surface area contributed by atoms with E-state index in [1.807, 2.05) is 17.9 Å². The molecule has 2 fully saturated rings. The number of hydrogen-bond acceptors (Lipinski definition) is 5. The van der Waals surface area contributed by atoms with Gasteiger partial charge < -0.3 is 15.0 Å². The summed E-state index contributed by atoms with van der Waals surface area (Å²) in [4.78, 5) is 29.8. The molecule has 0 unspecified atom stereocenters. The molecule has 41 heavy (non-hydrogen) atoms. The second kappa shape index (κ2) is 12.5. The number of likely N-dealkylation sites (tertiary alicyclic amines) is 2. The van der Waals surface area contributed by atoms with Gasteiger partial charge in [-0.3, -0.25) is 15.0 Å². The average Bonchev–Trinajstić information content (AvgIpc) is 3.68. The fourth-order valence-electron chi connectivity index (χ4n) is 6.17. The summed E-state index contributed by atoms with van der Waals surface area (Å²) in [5, 5.41) is 11.0. The Morgan fingerprint density at radius 3 is 2.71 bits per heavy atom. The van der Waals surface area contributed by atoms with Gasteiger partial charge in [-0.1, -0.05) is 18.2 Å². The Bertz CT molecular complexity index is 1360. The molecule has 11 heteroatoms. The van der Waals surface area contributed by atoms with Gasteiger partial charge in [0.1, 0.15) is 5.82 Å². The number of methoxy groups -OCH3 is 1. The van der Waals surface area contributed by atoms with Gasteiger partial charge in [-0.25, -0.2) is 18.3 Å². The molecule has 5 rings (SSSR count). The third-order valence-electron chi connectivity index (χ3n) is 8.28. The maximum absolute atomic E-state index is 14.1. The van der Waals surface area contributed by atoms with Crippen LogP contribution in [0.25, 0.3) is 5.70 Å². The predicted octanol–water partition coefficient (Wildman–Crippen LogP) is 4.58. The van der Waals surface area contributed by atoms with Crippen molar-refractivity contribution in [3.8, 4) is 0 Å². The first-order chi connectivity index (χ1) is 19.8. The number of benzene rings is 1. The lowest BCUT2D eigenvalue weighted by Crippen LogP contribution is -2.42. The fourth-order valence-corrected chi connectivity index (χ4v) is 6.17. The Morgan fingerprint density at radius 2 is 2.00 bits per heavy atom. The lowest BCUT2D eigenvalue weighted by Gasteiger charge is -2.22. The van der Waals surface area contributed by atoms with Gasteiger partial charge in [0.25, 0.3) is 0 Å². The van der Waals surface area contributed by atoms with E-state index in [4.69, 9.17) is 9.84 Å². The molecule has 2 aromatic rings. The van der Waals surface area contributed by atoms with E-state index < -0.39 is 17.7 Å². The molecule has 3 heterocycles. The van der Waals surface area contributed by atoms with Gasteiger partial charge in [-0.05, 0) is 56.4 Å². The van der Waals surface area contributed by atoms with Crippen LogP contribution in [0.5, 0.6) is 0 Å². The summed E-state index contributed by atoms with van der Waals surface area (Å²) < 4.78 is 34.8. The zero-order valence-corrected chi connectivity index (χ0v) is 23.8. The number of carbonyl (C=O) groups excluding carboxylic acids is 2. The number of allylic oxidation sites excluding steroid dienone is 4. The normalized spacial score (nSPS) is 22.7. The summed E-state index contributed by atoms with van der Waals surface area (Å²) >= 11 is 0. The van der Waals surface area contributed by atoms with E-state index in [1.165, 1.54) is 6.07 Å². The number of rotatable bonds is 8. The van der Waals surface area contributed by atoms with Crippen LogP contribution in [0.15, 0.2) is 36.4 Å². The lowest BCUT2D eigenvalue weighted by molar-refractivity contribution is -0.129. The van der Waals surface area contributed by atoms with Crippen LogP contribution >= 0.6 is 0 Å². The van der Waals surface area contributed by atoms with E-state index in [-0.39, 0.29) is 23.9 Å². The number of hydrogen-bond donors (Lipinski definition) is 2. The summed E-state index contributed by atoms with van der Waals surface area (Å²) in [5.41, 5.74) is 3.07. The van der Waals surface area contributed by atoms with E-state index in [0.29, 0.717) is 44.2 Å². The second-order valence-electron chi connectivity index (χ2n) is 11.0. The maximum Gasteiger partial charge on any atom is 0.320 e. The van der Waals surface area contributed by atoms with E-state index in [0.717, 1.165) is 48.7 Å². The average molecular weight is 569 g/mol. The minimum Gasteiger partial charge on any atom is -0.383 e. The molecule has 0 saturated carbocycles. The third kappa shape index (κ3) is 6.20. The monoisotopic (exact) mass is 568 g/mol. The number of halogens is 2. The quantitative estimate of drug-likeness (QED) is 0.487. The highest BCUT2D eigenvalue weighted by molar-refractivity contribution is 5.90. The second-order valence-corrected chi connectivity index (χ2v) is 11.0. The van der Waals surface area contributed by atoms with E-state index in [2.05, 4.69) is 27.7 Å². The largest absolute Gasteiger partial charge is 0.383 e. The van der Waals surface area contributed by atoms with Crippen LogP contribution in [0.3, 0.4) is 0 Å². The third-order valence-corrected chi connectivity index (χ3v) is 8.28. The number of ether oxygens (including phenoxy) is 1. The molecular weight excluding hydrogens is 530 g/mol. The Hall–Kier alpha value is -3.57. The molecule has 3 amide bonds. The van der Waals surface area contributed by atoms with E-state index >= 15 is 0 Å². The van der Waals surface area contributed by atoms with Crippen molar-refractivity contribution in [1.29, 1.82) is 0 Å². The summed E-state index contributed by atoms with van der Waals surface area (Å²) in [5.74, 6) is -1.49. The Balaban J connectivity index is 1.41. The van der Waals surface area contributed by atoms with Crippen LogP contribution in [0.2, 0.25) is 0 Å². The number of anilines is 1. The fraction of sp³-hybridized carbons (Fsp3) is 0.500. The van der Waals surface area contributed by atoms with Crippen molar-refractivity contribution in [2.24, 2.45) is 0 Å². The van der Waals surface area contributed by atoms with E-state index in [1.54, 1.807) is 24.8 Å². The summed E-state index contributed by atoms with van der Waals surface area (Å²) in [6, 6.07) is 3.01. The van der Waals surface area contributed by atoms with Gasteiger partial charge in [-0.15, -0.1) is 0 Å². The van der Waals surface area contributed by atoms with Gasteiger partial charge in [0.15, 0.2) is 11.6 Å². The molecule has 3 atom stereocenters. The van der Waals surface area contributed by atoms with Crippen molar-refractivity contribution in [3.63, 3.8) is 0 Å². The van der Waals surface area contributed by atoms with Crippen molar-refractivity contribution in [2.75, 3.05) is 45.2 Å². The van der Waals surface area contributed by atoms with Crippen LogP contribution in [0.1, 0.15) is 61.4 Å². The molecule has 9 nitrogen and oxygen atoms in total. The molecule has 0 radical (unpaired) electrons. The molecule has 1 aromatic heterocycles. The molecular formula is C30H38F2N6O3. The van der Waals surface area contributed by atoms with Crippen molar-refractivity contribution in [3.05, 3.63) is 64.9 Å². The van der Waals surface area contributed by atoms with Crippen LogP contribution in [0.4, 0.5) is 19.4 Å². The van der Waals surface area contributed by atoms with Crippen molar-refractivity contribution >= 4 is 23.5 Å². The number of nitrogens with one attached hydrogen (secondary N) is 2. The van der Waals surface area contributed by atoms with Gasteiger partial charge in [0.2, 0.25) is 5.91 Å². The number of nitrogens with zero attached hydrogens (tertiary/aromatic N) is 4. The van der Waals surface area contributed by atoms with Gasteiger partial charge in [0, 0.05) is 51.7 Å². The molecule has 0 bridgehead atoms. The number of aromatic nitrogens is 2. The summed E-state index contributed by atoms with van der Waals surface area (Å²) in [6.45, 7) is 6.46. The lowest BCUT2D eigenvalue weighted by atomic mass is 9.94. The van der Waals surface area contributed by atoms with Crippen LogP contribution in [-0.2, 0) is 9.53 Å². The van der Waals surface area contributed by atoms with Gasteiger partial charge in [-0.2, -0.15) is 5.10 Å².